The second-order valence-electron chi connectivity index (χ2n) is 11.1. The number of hydrogen-bond donors (Lipinski definition) is 1. The zero-order chi connectivity index (χ0) is 28.0. The quantitative estimate of drug-likeness (QED) is 0.131. The number of aliphatic hydroxyl groups excluding tert-OH is 1. The number of esters is 1. The minimum atomic E-state index is -3.01. The number of benzene rings is 3. The minimum Gasteiger partial charge on any atom is -0.455 e. The van der Waals surface area contributed by atoms with Crippen LogP contribution in [0.1, 0.15) is 50.9 Å². The molecule has 0 bridgehead atoms. The first-order valence-electron chi connectivity index (χ1n) is 13.5. The standard InChI is InChI=1S/C31H37N3O4Si/c1-5-22-21-26(27(33-34-32)29(28(22)35)37-30(36)23-15-9-6-10-16-23)38-39(31(2,3)4,24-17-11-7-12-18-24)25-19-13-8-14-20-25/h6-20,22,26-29,35H,5,21H2,1-4H3/t22?,26-,27?,28+,29-/m1/s1. The van der Waals surface area contributed by atoms with Crippen molar-refractivity contribution >= 4 is 24.7 Å². The van der Waals surface area contributed by atoms with Gasteiger partial charge in [0.15, 0.2) is 0 Å². The maximum absolute atomic E-state index is 13.1. The largest absolute Gasteiger partial charge is 0.455 e. The molecule has 0 amide bonds. The molecular weight excluding hydrogens is 506 g/mol. The Balaban J connectivity index is 1.82. The lowest BCUT2D eigenvalue weighted by molar-refractivity contribution is -0.101. The summed E-state index contributed by atoms with van der Waals surface area (Å²) in [6.45, 7) is 8.55. The lowest BCUT2D eigenvalue weighted by Gasteiger charge is -2.50. The number of ether oxygens (including phenoxy) is 1. The molecule has 1 N–H and O–H groups in total. The zero-order valence-electron chi connectivity index (χ0n) is 23.0. The monoisotopic (exact) mass is 543 g/mol. The summed E-state index contributed by atoms with van der Waals surface area (Å²) < 4.78 is 13.3. The number of azide groups is 1. The third-order valence-corrected chi connectivity index (χ3v) is 12.8. The Kier molecular flexibility index (Phi) is 8.93. The third kappa shape index (κ3) is 5.79. The van der Waals surface area contributed by atoms with E-state index in [0.29, 0.717) is 18.4 Å². The van der Waals surface area contributed by atoms with Gasteiger partial charge in [0.25, 0.3) is 8.32 Å². The molecule has 0 aromatic heterocycles. The molecule has 5 atom stereocenters. The Morgan fingerprint density at radius 2 is 1.49 bits per heavy atom. The molecule has 1 saturated carbocycles. The third-order valence-electron chi connectivity index (χ3n) is 7.78. The fourth-order valence-corrected chi connectivity index (χ4v) is 10.5. The second kappa shape index (κ2) is 12.2. The van der Waals surface area contributed by atoms with Crippen LogP contribution in [0.2, 0.25) is 5.04 Å². The van der Waals surface area contributed by atoms with Crippen molar-refractivity contribution < 1.29 is 19.1 Å². The molecule has 1 aliphatic carbocycles. The molecule has 204 valence electrons. The van der Waals surface area contributed by atoms with E-state index in [1.165, 1.54) is 0 Å². The molecule has 3 aromatic rings. The van der Waals surface area contributed by atoms with Crippen molar-refractivity contribution in [2.45, 2.75) is 69.9 Å². The SMILES string of the molecule is CCC1C[C@@H](O[Si](c2ccccc2)(c2ccccc2)C(C)(C)C)C(N=[N+]=[N-])[C@@H](OC(=O)c2ccccc2)[C@H]1O. The molecule has 0 heterocycles. The fourth-order valence-electron chi connectivity index (χ4n) is 5.81. The van der Waals surface area contributed by atoms with E-state index < -0.39 is 38.6 Å². The van der Waals surface area contributed by atoms with Crippen molar-refractivity contribution in [3.05, 3.63) is 107 Å². The molecule has 0 radical (unpaired) electrons. The van der Waals surface area contributed by atoms with Gasteiger partial charge in [-0.15, -0.1) is 0 Å². The van der Waals surface area contributed by atoms with Gasteiger partial charge in [-0.25, -0.2) is 4.79 Å². The van der Waals surface area contributed by atoms with E-state index in [0.717, 1.165) is 10.4 Å². The number of aliphatic hydroxyl groups is 1. The van der Waals surface area contributed by atoms with E-state index in [9.17, 15) is 15.4 Å². The average molecular weight is 544 g/mol. The van der Waals surface area contributed by atoms with E-state index in [1.807, 2.05) is 49.4 Å². The van der Waals surface area contributed by atoms with E-state index in [1.54, 1.807) is 24.3 Å². The highest BCUT2D eigenvalue weighted by atomic mass is 28.4. The van der Waals surface area contributed by atoms with Gasteiger partial charge in [0, 0.05) is 4.91 Å². The maximum Gasteiger partial charge on any atom is 0.338 e. The van der Waals surface area contributed by atoms with Gasteiger partial charge in [-0.1, -0.05) is 118 Å². The van der Waals surface area contributed by atoms with Crippen molar-refractivity contribution in [1.82, 2.24) is 0 Å². The van der Waals surface area contributed by atoms with E-state index in [-0.39, 0.29) is 11.0 Å². The van der Waals surface area contributed by atoms with Gasteiger partial charge in [0.1, 0.15) is 12.1 Å². The zero-order valence-corrected chi connectivity index (χ0v) is 24.0. The van der Waals surface area contributed by atoms with E-state index in [4.69, 9.17) is 9.16 Å². The Labute approximate surface area is 231 Å². The minimum absolute atomic E-state index is 0.202. The van der Waals surface area contributed by atoms with Crippen molar-refractivity contribution in [2.75, 3.05) is 0 Å². The van der Waals surface area contributed by atoms with Gasteiger partial charge in [-0.3, -0.25) is 0 Å². The molecule has 3 aromatic carbocycles. The molecule has 0 spiro atoms. The molecule has 8 heteroatoms. The highest BCUT2D eigenvalue weighted by Crippen LogP contribution is 2.42. The van der Waals surface area contributed by atoms with Gasteiger partial charge >= 0.3 is 5.97 Å². The average Bonchev–Trinajstić information content (AvgIpc) is 2.95. The van der Waals surface area contributed by atoms with Crippen molar-refractivity contribution in [2.24, 2.45) is 11.0 Å². The van der Waals surface area contributed by atoms with Crippen molar-refractivity contribution in [1.29, 1.82) is 0 Å². The fraction of sp³-hybridized carbons (Fsp3) is 0.387. The van der Waals surface area contributed by atoms with Crippen molar-refractivity contribution in [3.63, 3.8) is 0 Å². The van der Waals surface area contributed by atoms with Crippen LogP contribution in [-0.4, -0.2) is 43.7 Å². The van der Waals surface area contributed by atoms with Crippen LogP contribution in [0.4, 0.5) is 0 Å². The van der Waals surface area contributed by atoms with Gasteiger partial charge in [0.05, 0.1) is 17.8 Å². The molecule has 2 unspecified atom stereocenters. The van der Waals surface area contributed by atoms with Crippen LogP contribution < -0.4 is 10.4 Å². The maximum atomic E-state index is 13.1. The Hall–Kier alpha value is -3.42. The van der Waals surface area contributed by atoms with Crippen LogP contribution >= 0.6 is 0 Å². The summed E-state index contributed by atoms with van der Waals surface area (Å²) in [6, 6.07) is 28.2. The molecular formula is C31H37N3O4Si. The summed E-state index contributed by atoms with van der Waals surface area (Å²) in [7, 11) is -3.01. The van der Waals surface area contributed by atoms with Crippen LogP contribution in [0.3, 0.4) is 0 Å². The topological polar surface area (TPSA) is 105 Å². The number of rotatable bonds is 8. The van der Waals surface area contributed by atoms with Crippen LogP contribution in [0, 0.1) is 5.92 Å². The summed E-state index contributed by atoms with van der Waals surface area (Å²) >= 11 is 0. The van der Waals surface area contributed by atoms with Crippen LogP contribution in [0.5, 0.6) is 0 Å². The molecule has 4 rings (SSSR count). The van der Waals surface area contributed by atoms with Gasteiger partial charge in [-0.2, -0.15) is 0 Å². The van der Waals surface area contributed by atoms with Crippen molar-refractivity contribution in [3.8, 4) is 0 Å². The number of nitrogens with zero attached hydrogens (tertiary/aromatic N) is 3. The summed E-state index contributed by atoms with van der Waals surface area (Å²) in [6.07, 6.45) is -1.48. The van der Waals surface area contributed by atoms with Gasteiger partial charge in [-0.05, 0) is 45.4 Å². The summed E-state index contributed by atoms with van der Waals surface area (Å²) in [5.74, 6) is -0.773. The molecule has 39 heavy (non-hydrogen) atoms. The first kappa shape index (κ1) is 28.6. The normalized spacial score (nSPS) is 23.5. The Morgan fingerprint density at radius 1 is 0.974 bits per heavy atom. The summed E-state index contributed by atoms with van der Waals surface area (Å²) in [4.78, 5) is 16.2. The smallest absolute Gasteiger partial charge is 0.338 e. The first-order chi connectivity index (χ1) is 18.7. The first-order valence-corrected chi connectivity index (χ1v) is 15.4. The van der Waals surface area contributed by atoms with E-state index >= 15 is 0 Å². The predicted octanol–water partition coefficient (Wildman–Crippen LogP) is 5.63. The highest BCUT2D eigenvalue weighted by Gasteiger charge is 2.55. The molecule has 1 fully saturated rings. The second-order valence-corrected chi connectivity index (χ2v) is 15.4. The lowest BCUT2D eigenvalue weighted by atomic mass is 9.78. The summed E-state index contributed by atoms with van der Waals surface area (Å²) in [5, 5.41) is 17.3. The summed E-state index contributed by atoms with van der Waals surface area (Å²) in [5.41, 5.74) is 9.97. The molecule has 0 saturated heterocycles. The van der Waals surface area contributed by atoms with Gasteiger partial charge < -0.3 is 14.3 Å². The highest BCUT2D eigenvalue weighted by molar-refractivity contribution is 6.99. The molecule has 1 aliphatic rings. The van der Waals surface area contributed by atoms with Crippen LogP contribution in [-0.2, 0) is 9.16 Å². The Bertz CT molecular complexity index is 1240. The lowest BCUT2D eigenvalue weighted by Crippen LogP contribution is -2.70. The molecule has 0 aliphatic heterocycles. The van der Waals surface area contributed by atoms with Crippen LogP contribution in [0.15, 0.2) is 96.1 Å². The number of carbonyl (C=O) groups excluding carboxylic acids is 1. The van der Waals surface area contributed by atoms with Gasteiger partial charge in [0.2, 0.25) is 0 Å². The number of hydrogen-bond acceptors (Lipinski definition) is 5. The number of carbonyl (C=O) groups is 1. The Morgan fingerprint density at radius 3 is 1.95 bits per heavy atom. The van der Waals surface area contributed by atoms with Crippen LogP contribution in [0.25, 0.3) is 10.4 Å². The van der Waals surface area contributed by atoms with E-state index in [2.05, 4.69) is 55.1 Å². The molecule has 7 nitrogen and oxygen atoms in total. The predicted molar refractivity (Wildman–Crippen MR) is 155 cm³/mol.